The van der Waals surface area contributed by atoms with Gasteiger partial charge in [-0.3, -0.25) is 14.5 Å². The summed E-state index contributed by atoms with van der Waals surface area (Å²) < 4.78 is 12.1. The van der Waals surface area contributed by atoms with E-state index >= 15 is 0 Å². The molecule has 214 valence electrons. The zero-order valence-corrected chi connectivity index (χ0v) is 25.1. The molecular formula is C31H26ClN3O5S2. The van der Waals surface area contributed by atoms with Gasteiger partial charge in [0.2, 0.25) is 5.13 Å². The minimum atomic E-state index is -0.934. The zero-order valence-electron chi connectivity index (χ0n) is 22.7. The van der Waals surface area contributed by atoms with E-state index in [4.69, 9.17) is 21.1 Å². The van der Waals surface area contributed by atoms with Gasteiger partial charge in [-0.15, -0.1) is 10.2 Å². The number of nitrogens with zero attached hydrogens (tertiary/aromatic N) is 3. The van der Waals surface area contributed by atoms with Crippen LogP contribution in [0.2, 0.25) is 5.02 Å². The Morgan fingerprint density at radius 3 is 2.74 bits per heavy atom. The third-order valence-corrected chi connectivity index (χ3v) is 9.36. The van der Waals surface area contributed by atoms with Crippen molar-refractivity contribution in [1.82, 2.24) is 10.2 Å². The maximum Gasteiger partial charge on any atom is 0.301 e. The predicted octanol–water partition coefficient (Wildman–Crippen LogP) is 6.83. The average Bonchev–Trinajstić information content (AvgIpc) is 3.67. The van der Waals surface area contributed by atoms with Crippen LogP contribution in [0, 0.1) is 0 Å². The van der Waals surface area contributed by atoms with Crippen LogP contribution in [0.1, 0.15) is 42.1 Å². The number of carbonyl (C=O) groups excluding carboxylic acids is 2. The molecule has 4 aromatic rings. The van der Waals surface area contributed by atoms with Crippen LogP contribution in [0.25, 0.3) is 5.76 Å². The van der Waals surface area contributed by atoms with Gasteiger partial charge in [0.05, 0.1) is 18.2 Å². The van der Waals surface area contributed by atoms with Crippen molar-refractivity contribution in [2.24, 2.45) is 0 Å². The van der Waals surface area contributed by atoms with Crippen molar-refractivity contribution in [3.63, 3.8) is 0 Å². The number of aliphatic hydroxyl groups is 1. The fourth-order valence-corrected chi connectivity index (χ4v) is 7.04. The fourth-order valence-electron chi connectivity index (χ4n) is 5.10. The molecule has 0 bridgehead atoms. The molecule has 0 spiro atoms. The molecule has 2 aliphatic rings. The molecule has 1 aromatic heterocycles. The molecule has 2 atom stereocenters. The van der Waals surface area contributed by atoms with Gasteiger partial charge < -0.3 is 14.6 Å². The van der Waals surface area contributed by atoms with E-state index in [0.717, 1.165) is 16.9 Å². The molecule has 11 heteroatoms. The van der Waals surface area contributed by atoms with E-state index in [1.807, 2.05) is 44.2 Å². The Morgan fingerprint density at radius 1 is 1.14 bits per heavy atom. The molecule has 1 saturated heterocycles. The second kappa shape index (κ2) is 11.8. The lowest BCUT2D eigenvalue weighted by atomic mass is 9.94. The Kier molecular flexibility index (Phi) is 7.94. The molecule has 2 aliphatic heterocycles. The molecule has 3 heterocycles. The minimum absolute atomic E-state index is 0.0217. The van der Waals surface area contributed by atoms with Gasteiger partial charge in [0, 0.05) is 22.8 Å². The molecule has 42 heavy (non-hydrogen) atoms. The number of aliphatic hydroxyl groups excluding tert-OH is 1. The van der Waals surface area contributed by atoms with E-state index < -0.39 is 17.7 Å². The highest BCUT2D eigenvalue weighted by atomic mass is 35.5. The number of Topliss-reactive ketones (excluding diaryl/α,β-unsaturated/α-hetero) is 1. The van der Waals surface area contributed by atoms with Crippen LogP contribution >= 0.6 is 34.7 Å². The summed E-state index contributed by atoms with van der Waals surface area (Å²) in [5.74, 6) is 0.123. The van der Waals surface area contributed by atoms with Gasteiger partial charge in [0.25, 0.3) is 5.78 Å². The normalized spacial score (nSPS) is 19.2. The number of hydrogen-bond donors (Lipinski definition) is 1. The summed E-state index contributed by atoms with van der Waals surface area (Å²) in [6.07, 6.45) is 0.708. The first-order chi connectivity index (χ1) is 20.3. The van der Waals surface area contributed by atoms with Gasteiger partial charge in [-0.2, -0.15) is 0 Å². The second-order valence-corrected chi connectivity index (χ2v) is 12.5. The number of hydrogen-bond acceptors (Lipinski definition) is 9. The molecule has 1 N–H and O–H groups in total. The SMILES string of the molecule is CCOc1cccc([C@H]2C(=C(O)c3ccc4c(c3)C[C@H](C)O4)C(=O)C(=O)N2c2nnc(SCc3ccc(Cl)cc3)s2)c1. The average molecular weight is 620 g/mol. The van der Waals surface area contributed by atoms with Gasteiger partial charge in [-0.25, -0.2) is 0 Å². The smallest absolute Gasteiger partial charge is 0.301 e. The molecule has 6 rings (SSSR count). The van der Waals surface area contributed by atoms with Crippen LogP contribution in [0.3, 0.4) is 0 Å². The molecular weight excluding hydrogens is 594 g/mol. The summed E-state index contributed by atoms with van der Waals surface area (Å²) in [6.45, 7) is 4.30. The third kappa shape index (κ3) is 5.49. The number of rotatable bonds is 8. The van der Waals surface area contributed by atoms with E-state index in [0.29, 0.717) is 45.0 Å². The number of amides is 1. The summed E-state index contributed by atoms with van der Waals surface area (Å²) in [6, 6.07) is 19.1. The van der Waals surface area contributed by atoms with E-state index in [1.165, 1.54) is 28.0 Å². The topological polar surface area (TPSA) is 102 Å². The van der Waals surface area contributed by atoms with Crippen LogP contribution in [0.5, 0.6) is 11.5 Å². The Labute approximate surface area is 255 Å². The number of halogens is 1. The van der Waals surface area contributed by atoms with Gasteiger partial charge in [0.15, 0.2) is 4.34 Å². The number of aromatic nitrogens is 2. The standard InChI is InChI=1S/C31H26ClN3O5S2/c1-3-39-23-6-4-5-19(15-23)26-25(27(36)20-9-12-24-21(14-20)13-17(2)40-24)28(37)29(38)35(26)30-33-34-31(42-30)41-16-18-7-10-22(32)11-8-18/h4-12,14-15,17,26,36H,3,13,16H2,1-2H3/t17-,26-/m0/s1. The van der Waals surface area contributed by atoms with Crippen molar-refractivity contribution >= 4 is 57.3 Å². The molecule has 0 saturated carbocycles. The van der Waals surface area contributed by atoms with Crippen LogP contribution < -0.4 is 14.4 Å². The Morgan fingerprint density at radius 2 is 1.95 bits per heavy atom. The van der Waals surface area contributed by atoms with Gasteiger partial charge in [-0.05, 0) is 73.0 Å². The number of ether oxygens (including phenoxy) is 2. The Bertz CT molecular complexity index is 1700. The molecule has 8 nitrogen and oxygen atoms in total. The van der Waals surface area contributed by atoms with Crippen LogP contribution in [0.4, 0.5) is 5.13 Å². The molecule has 1 amide bonds. The lowest BCUT2D eigenvalue weighted by Crippen LogP contribution is -2.29. The van der Waals surface area contributed by atoms with Crippen LogP contribution in [0.15, 0.2) is 76.6 Å². The van der Waals surface area contributed by atoms with Crippen LogP contribution in [-0.4, -0.2) is 39.7 Å². The highest BCUT2D eigenvalue weighted by Gasteiger charge is 2.48. The Hall–Kier alpha value is -3.86. The van der Waals surface area contributed by atoms with Gasteiger partial charge >= 0.3 is 5.91 Å². The number of thioether (sulfide) groups is 1. The summed E-state index contributed by atoms with van der Waals surface area (Å²) in [4.78, 5) is 28.5. The predicted molar refractivity (Wildman–Crippen MR) is 164 cm³/mol. The van der Waals surface area contributed by atoms with Gasteiger partial charge in [0.1, 0.15) is 23.4 Å². The highest BCUT2D eigenvalue weighted by Crippen LogP contribution is 2.45. The van der Waals surface area contributed by atoms with E-state index in [2.05, 4.69) is 10.2 Å². The molecule has 0 unspecified atom stereocenters. The monoisotopic (exact) mass is 619 g/mol. The number of carbonyl (C=O) groups is 2. The third-order valence-electron chi connectivity index (χ3n) is 6.98. The first-order valence-corrected chi connectivity index (χ1v) is 15.5. The number of ketones is 1. The summed E-state index contributed by atoms with van der Waals surface area (Å²) >= 11 is 8.68. The molecule has 0 radical (unpaired) electrons. The maximum atomic E-state index is 13.6. The largest absolute Gasteiger partial charge is 0.507 e. The second-order valence-electron chi connectivity index (χ2n) is 9.90. The Balaban J connectivity index is 1.39. The summed E-state index contributed by atoms with van der Waals surface area (Å²) in [7, 11) is 0. The number of anilines is 1. The number of fused-ring (bicyclic) bond motifs is 1. The minimum Gasteiger partial charge on any atom is -0.507 e. The maximum absolute atomic E-state index is 13.6. The van der Waals surface area contributed by atoms with E-state index in [9.17, 15) is 14.7 Å². The summed E-state index contributed by atoms with van der Waals surface area (Å²) in [5, 5.41) is 21.1. The fraction of sp³-hybridized carbons (Fsp3) is 0.226. The molecule has 0 aliphatic carbocycles. The lowest BCUT2D eigenvalue weighted by Gasteiger charge is -2.23. The quantitative estimate of drug-likeness (QED) is 0.0753. The van der Waals surface area contributed by atoms with Crippen molar-refractivity contribution in [2.75, 3.05) is 11.5 Å². The van der Waals surface area contributed by atoms with Gasteiger partial charge in [-0.1, -0.05) is 59.0 Å². The number of benzene rings is 3. The highest BCUT2D eigenvalue weighted by molar-refractivity contribution is 8.00. The zero-order chi connectivity index (χ0) is 29.4. The van der Waals surface area contributed by atoms with Crippen molar-refractivity contribution in [3.05, 3.63) is 99.6 Å². The van der Waals surface area contributed by atoms with E-state index in [1.54, 1.807) is 36.4 Å². The van der Waals surface area contributed by atoms with Crippen molar-refractivity contribution < 1.29 is 24.2 Å². The summed E-state index contributed by atoms with van der Waals surface area (Å²) in [5.41, 5.74) is 3.01. The van der Waals surface area contributed by atoms with Crippen LogP contribution in [-0.2, 0) is 21.8 Å². The first kappa shape index (κ1) is 28.3. The van der Waals surface area contributed by atoms with E-state index in [-0.39, 0.29) is 22.6 Å². The first-order valence-electron chi connectivity index (χ1n) is 13.4. The van der Waals surface area contributed by atoms with Crippen molar-refractivity contribution in [2.45, 2.75) is 42.5 Å². The van der Waals surface area contributed by atoms with Crippen molar-refractivity contribution in [1.29, 1.82) is 0 Å². The molecule has 3 aromatic carbocycles. The molecule has 1 fully saturated rings. The van der Waals surface area contributed by atoms with Crippen molar-refractivity contribution in [3.8, 4) is 11.5 Å². The lowest BCUT2D eigenvalue weighted by molar-refractivity contribution is -0.132.